The fourth-order valence-corrected chi connectivity index (χ4v) is 4.03. The van der Waals surface area contributed by atoms with Gasteiger partial charge in [-0.2, -0.15) is 5.26 Å². The van der Waals surface area contributed by atoms with Gasteiger partial charge in [-0.05, 0) is 83.7 Å². The van der Waals surface area contributed by atoms with Crippen molar-refractivity contribution in [2.75, 3.05) is 0 Å². The van der Waals surface area contributed by atoms with Gasteiger partial charge in [-0.25, -0.2) is 13.2 Å². The summed E-state index contributed by atoms with van der Waals surface area (Å²) in [5, 5.41) is 9.90. The Hall–Kier alpha value is -3.84. The van der Waals surface area contributed by atoms with E-state index in [1.165, 1.54) is 12.1 Å². The third kappa shape index (κ3) is 4.83. The van der Waals surface area contributed by atoms with Crippen LogP contribution in [0.2, 0.25) is 0 Å². The number of hydrogen-bond acceptors (Lipinski definition) is 1. The standard InChI is InChI=1S/C29H22F3N/c1-2-3-4-21-15-26(30)28(27(31)16-21)24-13-14-25-23(17-24)12-11-22(29(25)32)10-9-19-5-7-20(18-33)8-6-19/h2,5-8,11-17H,1,3-4,9-10H2. The quantitative estimate of drug-likeness (QED) is 0.270. The van der Waals surface area contributed by atoms with Crippen molar-refractivity contribution in [3.63, 3.8) is 0 Å². The molecule has 0 aliphatic rings. The minimum atomic E-state index is -0.632. The lowest BCUT2D eigenvalue weighted by Gasteiger charge is -2.11. The predicted octanol–water partition coefficient (Wildman–Crippen LogP) is 7.70. The number of allylic oxidation sites excluding steroid dienone is 1. The van der Waals surface area contributed by atoms with E-state index in [2.05, 4.69) is 12.6 Å². The summed E-state index contributed by atoms with van der Waals surface area (Å²) < 4.78 is 44.6. The summed E-state index contributed by atoms with van der Waals surface area (Å²) in [5.74, 6) is -1.59. The van der Waals surface area contributed by atoms with Gasteiger partial charge in [0.2, 0.25) is 0 Å². The van der Waals surface area contributed by atoms with Crippen molar-refractivity contribution in [3.8, 4) is 17.2 Å². The molecule has 0 spiro atoms. The number of nitriles is 1. The minimum Gasteiger partial charge on any atom is -0.206 e. The van der Waals surface area contributed by atoms with Crippen molar-refractivity contribution in [3.05, 3.63) is 119 Å². The van der Waals surface area contributed by atoms with Gasteiger partial charge >= 0.3 is 0 Å². The molecular formula is C29H22F3N. The Kier molecular flexibility index (Phi) is 6.60. The maximum Gasteiger partial charge on any atom is 0.134 e. The predicted molar refractivity (Wildman–Crippen MR) is 126 cm³/mol. The van der Waals surface area contributed by atoms with Crippen LogP contribution in [0.3, 0.4) is 0 Å². The number of halogens is 3. The van der Waals surface area contributed by atoms with Crippen LogP contribution in [0, 0.1) is 28.8 Å². The highest BCUT2D eigenvalue weighted by Crippen LogP contribution is 2.32. The summed E-state index contributed by atoms with van der Waals surface area (Å²) in [4.78, 5) is 0. The van der Waals surface area contributed by atoms with E-state index >= 15 is 4.39 Å². The molecule has 33 heavy (non-hydrogen) atoms. The van der Waals surface area contributed by atoms with Gasteiger partial charge in [0.25, 0.3) is 0 Å². The second-order valence-electron chi connectivity index (χ2n) is 8.05. The molecule has 0 atom stereocenters. The first-order valence-electron chi connectivity index (χ1n) is 10.8. The molecule has 164 valence electrons. The molecule has 0 aromatic heterocycles. The van der Waals surface area contributed by atoms with E-state index in [0.29, 0.717) is 58.7 Å². The fourth-order valence-electron chi connectivity index (χ4n) is 4.03. The van der Waals surface area contributed by atoms with Gasteiger partial charge < -0.3 is 0 Å². The van der Waals surface area contributed by atoms with Crippen molar-refractivity contribution in [2.24, 2.45) is 0 Å². The molecule has 0 aliphatic carbocycles. The van der Waals surface area contributed by atoms with Crippen LogP contribution in [0.1, 0.15) is 28.7 Å². The number of rotatable bonds is 7. The SMILES string of the molecule is C=CCCc1cc(F)c(-c2ccc3c(F)c(CCc4ccc(C#N)cc4)ccc3c2)c(F)c1. The molecule has 0 radical (unpaired) electrons. The van der Waals surface area contributed by atoms with Gasteiger partial charge in [0.1, 0.15) is 17.5 Å². The third-order valence-electron chi connectivity index (χ3n) is 5.83. The van der Waals surface area contributed by atoms with E-state index < -0.39 is 11.6 Å². The first-order valence-corrected chi connectivity index (χ1v) is 10.8. The summed E-state index contributed by atoms with van der Waals surface area (Å²) in [6, 6.07) is 20.3. The number of fused-ring (bicyclic) bond motifs is 1. The van der Waals surface area contributed by atoms with E-state index in [1.807, 2.05) is 12.1 Å². The Morgan fingerprint density at radius 1 is 0.788 bits per heavy atom. The van der Waals surface area contributed by atoms with E-state index in [9.17, 15) is 8.78 Å². The molecule has 0 bridgehead atoms. The van der Waals surface area contributed by atoms with Crippen molar-refractivity contribution in [2.45, 2.75) is 25.7 Å². The largest absolute Gasteiger partial charge is 0.206 e. The monoisotopic (exact) mass is 441 g/mol. The normalized spacial score (nSPS) is 10.8. The lowest BCUT2D eigenvalue weighted by Crippen LogP contribution is -1.97. The molecule has 1 nitrogen and oxygen atoms in total. The summed E-state index contributed by atoms with van der Waals surface area (Å²) in [5.41, 5.74) is 3.02. The second-order valence-corrected chi connectivity index (χ2v) is 8.05. The summed E-state index contributed by atoms with van der Waals surface area (Å²) in [6.45, 7) is 3.63. The maximum absolute atomic E-state index is 15.2. The second kappa shape index (κ2) is 9.75. The molecule has 0 unspecified atom stereocenters. The lowest BCUT2D eigenvalue weighted by atomic mass is 9.95. The van der Waals surface area contributed by atoms with Crippen molar-refractivity contribution >= 4 is 10.8 Å². The maximum atomic E-state index is 15.2. The molecule has 4 aromatic carbocycles. The molecule has 0 heterocycles. The van der Waals surface area contributed by atoms with Gasteiger partial charge in [-0.1, -0.05) is 42.5 Å². The molecule has 0 aliphatic heterocycles. The summed E-state index contributed by atoms with van der Waals surface area (Å²) in [7, 11) is 0. The average molecular weight is 441 g/mol. The lowest BCUT2D eigenvalue weighted by molar-refractivity contribution is 0.586. The topological polar surface area (TPSA) is 23.8 Å². The number of hydrogen-bond donors (Lipinski definition) is 0. The molecule has 4 rings (SSSR count). The van der Waals surface area contributed by atoms with Gasteiger partial charge in [0.05, 0.1) is 17.2 Å². The Morgan fingerprint density at radius 3 is 2.18 bits per heavy atom. The number of benzene rings is 4. The average Bonchev–Trinajstić information content (AvgIpc) is 2.82. The molecule has 4 aromatic rings. The van der Waals surface area contributed by atoms with Crippen LogP contribution in [-0.4, -0.2) is 0 Å². The highest BCUT2D eigenvalue weighted by molar-refractivity contribution is 5.88. The first kappa shape index (κ1) is 22.4. The van der Waals surface area contributed by atoms with Gasteiger partial charge in [0, 0.05) is 5.39 Å². The van der Waals surface area contributed by atoms with Crippen LogP contribution >= 0.6 is 0 Å². The number of aryl methyl sites for hydroxylation is 3. The first-order chi connectivity index (χ1) is 16.0. The van der Waals surface area contributed by atoms with Crippen LogP contribution in [0.5, 0.6) is 0 Å². The Bertz CT molecular complexity index is 1340. The molecule has 0 N–H and O–H groups in total. The van der Waals surface area contributed by atoms with Crippen LogP contribution in [0.25, 0.3) is 21.9 Å². The van der Waals surface area contributed by atoms with E-state index in [0.717, 1.165) is 5.56 Å². The van der Waals surface area contributed by atoms with Crippen LogP contribution < -0.4 is 0 Å². The Balaban J connectivity index is 1.60. The summed E-state index contributed by atoms with van der Waals surface area (Å²) in [6.07, 6.45) is 4.01. The molecule has 0 saturated heterocycles. The van der Waals surface area contributed by atoms with Gasteiger partial charge in [-0.3, -0.25) is 0 Å². The molecule has 0 saturated carbocycles. The van der Waals surface area contributed by atoms with E-state index in [1.54, 1.807) is 48.5 Å². The molecule has 0 amide bonds. The number of nitrogens with zero attached hydrogens (tertiary/aromatic N) is 1. The Labute approximate surface area is 191 Å². The van der Waals surface area contributed by atoms with Gasteiger partial charge in [-0.15, -0.1) is 6.58 Å². The fraction of sp³-hybridized carbons (Fsp3) is 0.138. The Morgan fingerprint density at radius 2 is 1.52 bits per heavy atom. The highest BCUT2D eigenvalue weighted by atomic mass is 19.1. The van der Waals surface area contributed by atoms with E-state index in [4.69, 9.17) is 5.26 Å². The van der Waals surface area contributed by atoms with Crippen molar-refractivity contribution in [1.29, 1.82) is 5.26 Å². The zero-order valence-electron chi connectivity index (χ0n) is 18.0. The molecule has 4 heteroatoms. The van der Waals surface area contributed by atoms with Crippen molar-refractivity contribution < 1.29 is 13.2 Å². The van der Waals surface area contributed by atoms with E-state index in [-0.39, 0.29) is 11.4 Å². The molecule has 0 fully saturated rings. The van der Waals surface area contributed by atoms with Crippen molar-refractivity contribution in [1.82, 2.24) is 0 Å². The van der Waals surface area contributed by atoms with Crippen LogP contribution in [0.4, 0.5) is 13.2 Å². The minimum absolute atomic E-state index is 0.107. The summed E-state index contributed by atoms with van der Waals surface area (Å²) >= 11 is 0. The van der Waals surface area contributed by atoms with Gasteiger partial charge in [0.15, 0.2) is 0 Å². The smallest absolute Gasteiger partial charge is 0.134 e. The zero-order valence-corrected chi connectivity index (χ0v) is 18.0. The zero-order chi connectivity index (χ0) is 23.4. The van der Waals surface area contributed by atoms with Crippen LogP contribution in [0.15, 0.2) is 79.4 Å². The third-order valence-corrected chi connectivity index (χ3v) is 5.83. The highest BCUT2D eigenvalue weighted by Gasteiger charge is 2.15. The molecular weight excluding hydrogens is 419 g/mol. The van der Waals surface area contributed by atoms with Crippen LogP contribution in [-0.2, 0) is 19.3 Å².